The van der Waals surface area contributed by atoms with Crippen LogP contribution in [0, 0.1) is 12.8 Å². The third kappa shape index (κ3) is 2.91. The molecule has 0 aliphatic carbocycles. The van der Waals surface area contributed by atoms with Crippen LogP contribution in [0.4, 0.5) is 5.82 Å². The standard InChI is InChI=1S/C21H24N6O/c1-15-23-24-20-19(22-9-13-27(15)20)25-10-7-17(8-11-25)21(28)26-12-6-16-4-2-3-5-18(16)14-26/h2-5,9,13,17H,6-8,10-12,14H2,1H3. The zero-order valence-corrected chi connectivity index (χ0v) is 16.1. The molecule has 0 N–H and O–H groups in total. The number of anilines is 1. The average Bonchev–Trinajstić information content (AvgIpc) is 3.14. The van der Waals surface area contributed by atoms with Crippen molar-refractivity contribution in [3.05, 3.63) is 53.6 Å². The summed E-state index contributed by atoms with van der Waals surface area (Å²) in [5, 5.41) is 8.44. The molecular weight excluding hydrogens is 352 g/mol. The molecule has 2 aromatic heterocycles. The van der Waals surface area contributed by atoms with Gasteiger partial charge in [-0.05, 0) is 37.3 Å². The van der Waals surface area contributed by atoms with E-state index < -0.39 is 0 Å². The van der Waals surface area contributed by atoms with Crippen molar-refractivity contribution in [1.29, 1.82) is 0 Å². The van der Waals surface area contributed by atoms with Crippen molar-refractivity contribution >= 4 is 17.4 Å². The van der Waals surface area contributed by atoms with Crippen molar-refractivity contribution in [3.8, 4) is 0 Å². The summed E-state index contributed by atoms with van der Waals surface area (Å²) >= 11 is 0. The van der Waals surface area contributed by atoms with Crippen molar-refractivity contribution in [2.75, 3.05) is 24.5 Å². The van der Waals surface area contributed by atoms with Gasteiger partial charge in [0.1, 0.15) is 5.82 Å². The van der Waals surface area contributed by atoms with Gasteiger partial charge in [0.25, 0.3) is 0 Å². The molecule has 144 valence electrons. The van der Waals surface area contributed by atoms with Gasteiger partial charge in [0.2, 0.25) is 11.6 Å². The molecule has 5 rings (SSSR count). The number of carbonyl (C=O) groups excluding carboxylic acids is 1. The van der Waals surface area contributed by atoms with E-state index in [0.717, 1.165) is 62.7 Å². The summed E-state index contributed by atoms with van der Waals surface area (Å²) in [5.41, 5.74) is 3.46. The van der Waals surface area contributed by atoms with Crippen LogP contribution < -0.4 is 4.90 Å². The van der Waals surface area contributed by atoms with E-state index in [-0.39, 0.29) is 5.92 Å². The van der Waals surface area contributed by atoms with Gasteiger partial charge in [-0.15, -0.1) is 10.2 Å². The van der Waals surface area contributed by atoms with Crippen LogP contribution in [0.5, 0.6) is 0 Å². The van der Waals surface area contributed by atoms with Gasteiger partial charge in [0.05, 0.1) is 0 Å². The topological polar surface area (TPSA) is 66.6 Å². The van der Waals surface area contributed by atoms with E-state index in [1.165, 1.54) is 11.1 Å². The molecule has 4 heterocycles. The second kappa shape index (κ2) is 6.89. The molecule has 0 spiro atoms. The summed E-state index contributed by atoms with van der Waals surface area (Å²) in [6.07, 6.45) is 6.35. The first-order valence-corrected chi connectivity index (χ1v) is 9.97. The van der Waals surface area contributed by atoms with Crippen LogP contribution >= 0.6 is 0 Å². The zero-order chi connectivity index (χ0) is 19.1. The monoisotopic (exact) mass is 376 g/mol. The first-order chi connectivity index (χ1) is 13.7. The van der Waals surface area contributed by atoms with Gasteiger partial charge in [-0.1, -0.05) is 24.3 Å². The lowest BCUT2D eigenvalue weighted by Crippen LogP contribution is -2.44. The van der Waals surface area contributed by atoms with Crippen molar-refractivity contribution in [3.63, 3.8) is 0 Å². The van der Waals surface area contributed by atoms with E-state index in [2.05, 4.69) is 44.3 Å². The van der Waals surface area contributed by atoms with Crippen LogP contribution in [0.1, 0.15) is 29.8 Å². The highest BCUT2D eigenvalue weighted by molar-refractivity contribution is 5.79. The maximum atomic E-state index is 13.1. The highest BCUT2D eigenvalue weighted by Gasteiger charge is 2.31. The van der Waals surface area contributed by atoms with Crippen LogP contribution in [0.3, 0.4) is 0 Å². The summed E-state index contributed by atoms with van der Waals surface area (Å²) < 4.78 is 1.96. The number of fused-ring (bicyclic) bond motifs is 2. The minimum atomic E-state index is 0.0980. The number of hydrogen-bond acceptors (Lipinski definition) is 5. The minimum absolute atomic E-state index is 0.0980. The Hall–Kier alpha value is -2.96. The highest BCUT2D eigenvalue weighted by atomic mass is 16.2. The molecule has 0 bridgehead atoms. The second-order valence-electron chi connectivity index (χ2n) is 7.73. The molecule has 7 heteroatoms. The lowest BCUT2D eigenvalue weighted by molar-refractivity contribution is -0.137. The smallest absolute Gasteiger partial charge is 0.226 e. The Morgan fingerprint density at radius 1 is 1.07 bits per heavy atom. The molecule has 0 atom stereocenters. The van der Waals surface area contributed by atoms with Gasteiger partial charge in [0, 0.05) is 44.5 Å². The molecule has 1 amide bonds. The van der Waals surface area contributed by atoms with Crippen LogP contribution in [-0.2, 0) is 17.8 Å². The molecule has 3 aromatic rings. The molecule has 7 nitrogen and oxygen atoms in total. The van der Waals surface area contributed by atoms with Crippen LogP contribution in [0.25, 0.3) is 5.65 Å². The van der Waals surface area contributed by atoms with Crippen molar-refractivity contribution < 1.29 is 4.79 Å². The third-order valence-corrected chi connectivity index (χ3v) is 6.06. The van der Waals surface area contributed by atoms with Crippen molar-refractivity contribution in [1.82, 2.24) is 24.5 Å². The predicted molar refractivity (Wildman–Crippen MR) is 106 cm³/mol. The Balaban J connectivity index is 1.26. The number of carbonyl (C=O) groups is 1. The Bertz CT molecular complexity index is 1020. The number of rotatable bonds is 2. The Labute approximate surface area is 164 Å². The molecule has 1 fully saturated rings. The Morgan fingerprint density at radius 3 is 2.68 bits per heavy atom. The van der Waals surface area contributed by atoms with E-state index in [1.54, 1.807) is 6.20 Å². The van der Waals surface area contributed by atoms with E-state index in [0.29, 0.717) is 5.91 Å². The van der Waals surface area contributed by atoms with E-state index >= 15 is 0 Å². The number of aromatic nitrogens is 4. The number of amides is 1. The quantitative estimate of drug-likeness (QED) is 0.686. The number of benzene rings is 1. The van der Waals surface area contributed by atoms with Gasteiger partial charge < -0.3 is 9.80 Å². The van der Waals surface area contributed by atoms with Gasteiger partial charge >= 0.3 is 0 Å². The number of piperidine rings is 1. The number of hydrogen-bond donors (Lipinski definition) is 0. The second-order valence-corrected chi connectivity index (χ2v) is 7.73. The van der Waals surface area contributed by atoms with Crippen molar-refractivity contribution in [2.24, 2.45) is 5.92 Å². The molecule has 1 aromatic carbocycles. The normalized spacial score (nSPS) is 17.8. The fourth-order valence-corrected chi connectivity index (χ4v) is 4.43. The lowest BCUT2D eigenvalue weighted by Gasteiger charge is -2.36. The van der Waals surface area contributed by atoms with Crippen LogP contribution in [-0.4, -0.2) is 50.0 Å². The first kappa shape index (κ1) is 17.2. The van der Waals surface area contributed by atoms with E-state index in [4.69, 9.17) is 0 Å². The van der Waals surface area contributed by atoms with Gasteiger partial charge in [0.15, 0.2) is 5.82 Å². The summed E-state index contributed by atoms with van der Waals surface area (Å²) in [6.45, 7) is 5.15. The molecule has 0 saturated carbocycles. The Kier molecular flexibility index (Phi) is 4.22. The maximum Gasteiger partial charge on any atom is 0.226 e. The summed E-state index contributed by atoms with van der Waals surface area (Å²) in [5.74, 6) is 2.12. The fraction of sp³-hybridized carbons (Fsp3) is 0.429. The molecule has 0 unspecified atom stereocenters. The third-order valence-electron chi connectivity index (χ3n) is 6.06. The predicted octanol–water partition coefficient (Wildman–Crippen LogP) is 2.23. The van der Waals surface area contributed by atoms with Gasteiger partial charge in [-0.2, -0.15) is 0 Å². The number of nitrogens with zero attached hydrogens (tertiary/aromatic N) is 6. The van der Waals surface area contributed by atoms with Gasteiger partial charge in [-0.3, -0.25) is 9.20 Å². The SMILES string of the molecule is Cc1nnc2c(N3CCC(C(=O)N4CCc5ccccc5C4)CC3)nccn12. The molecule has 1 saturated heterocycles. The van der Waals surface area contributed by atoms with E-state index in [1.807, 2.05) is 22.4 Å². The molecular formula is C21H24N6O. The van der Waals surface area contributed by atoms with E-state index in [9.17, 15) is 4.79 Å². The lowest BCUT2D eigenvalue weighted by atomic mass is 9.93. The average molecular weight is 376 g/mol. The zero-order valence-electron chi connectivity index (χ0n) is 16.1. The summed E-state index contributed by atoms with van der Waals surface area (Å²) in [6, 6.07) is 8.46. The largest absolute Gasteiger partial charge is 0.353 e. The minimum Gasteiger partial charge on any atom is -0.353 e. The molecule has 2 aliphatic rings. The van der Waals surface area contributed by atoms with Gasteiger partial charge in [-0.25, -0.2) is 4.98 Å². The summed E-state index contributed by atoms with van der Waals surface area (Å²) in [4.78, 5) is 21.9. The van der Waals surface area contributed by atoms with Crippen LogP contribution in [0.2, 0.25) is 0 Å². The fourth-order valence-electron chi connectivity index (χ4n) is 4.43. The highest BCUT2D eigenvalue weighted by Crippen LogP contribution is 2.27. The molecule has 2 aliphatic heterocycles. The number of aryl methyl sites for hydroxylation is 1. The molecule has 28 heavy (non-hydrogen) atoms. The summed E-state index contributed by atoms with van der Waals surface area (Å²) in [7, 11) is 0. The maximum absolute atomic E-state index is 13.1. The van der Waals surface area contributed by atoms with Crippen LogP contribution in [0.15, 0.2) is 36.7 Å². The van der Waals surface area contributed by atoms with Crippen molar-refractivity contribution in [2.45, 2.75) is 32.7 Å². The first-order valence-electron chi connectivity index (χ1n) is 9.97. The Morgan fingerprint density at radius 2 is 1.86 bits per heavy atom. The molecule has 0 radical (unpaired) electrons.